The molecular formula is C17H15N2O2P. The summed E-state index contributed by atoms with van der Waals surface area (Å²) in [5.41, 5.74) is 0. The Kier molecular flexibility index (Phi) is 4.03. The molecule has 5 heteroatoms. The van der Waals surface area contributed by atoms with Gasteiger partial charge in [-0.3, -0.25) is 0 Å². The van der Waals surface area contributed by atoms with Gasteiger partial charge in [-0.1, -0.05) is 60.7 Å². The summed E-state index contributed by atoms with van der Waals surface area (Å²) in [4.78, 5) is 8.22. The summed E-state index contributed by atoms with van der Waals surface area (Å²) < 4.78 is 18.9. The van der Waals surface area contributed by atoms with Crippen LogP contribution in [0.4, 0.5) is 0 Å². The molecule has 0 bridgehead atoms. The van der Waals surface area contributed by atoms with E-state index in [9.17, 15) is 4.57 Å². The molecule has 0 spiro atoms. The van der Waals surface area contributed by atoms with E-state index in [1.807, 2.05) is 60.7 Å². The van der Waals surface area contributed by atoms with Gasteiger partial charge in [-0.15, -0.1) is 0 Å². The second kappa shape index (κ2) is 6.12. The molecule has 0 fully saturated rings. The van der Waals surface area contributed by atoms with E-state index in [-0.39, 0.29) is 6.01 Å². The van der Waals surface area contributed by atoms with Crippen molar-refractivity contribution < 1.29 is 9.30 Å². The Hall–Kier alpha value is -2.45. The second-order valence-electron chi connectivity index (χ2n) is 4.71. The smallest absolute Gasteiger partial charge is 0.316 e. The van der Waals surface area contributed by atoms with Gasteiger partial charge in [-0.2, -0.15) is 0 Å². The first-order valence-corrected chi connectivity index (χ1v) is 8.53. The number of hydrogen-bond acceptors (Lipinski definition) is 4. The fraction of sp³-hybridized carbons (Fsp3) is 0.0588. The van der Waals surface area contributed by atoms with Crippen molar-refractivity contribution in [2.75, 3.05) is 7.11 Å². The average molecular weight is 310 g/mol. The Morgan fingerprint density at radius 1 is 0.773 bits per heavy atom. The normalized spacial score (nSPS) is 11.1. The predicted molar refractivity (Wildman–Crippen MR) is 88.0 cm³/mol. The number of methoxy groups -OCH3 is 1. The third-order valence-corrected chi connectivity index (χ3v) is 6.41. The quantitative estimate of drug-likeness (QED) is 0.693. The Morgan fingerprint density at radius 3 is 1.64 bits per heavy atom. The van der Waals surface area contributed by atoms with Crippen LogP contribution in [0.1, 0.15) is 0 Å². The van der Waals surface area contributed by atoms with Crippen LogP contribution < -0.4 is 20.7 Å². The van der Waals surface area contributed by atoms with Crippen LogP contribution in [0.2, 0.25) is 0 Å². The third kappa shape index (κ3) is 2.53. The minimum atomic E-state index is -2.99. The van der Waals surface area contributed by atoms with Gasteiger partial charge >= 0.3 is 6.01 Å². The molecule has 3 aromatic rings. The van der Waals surface area contributed by atoms with Crippen molar-refractivity contribution in [1.82, 2.24) is 9.97 Å². The summed E-state index contributed by atoms with van der Waals surface area (Å²) >= 11 is 0. The molecule has 0 aliphatic rings. The van der Waals surface area contributed by atoms with Crippen LogP contribution in [0, 0.1) is 0 Å². The minimum absolute atomic E-state index is 0.261. The van der Waals surface area contributed by atoms with Gasteiger partial charge < -0.3 is 9.30 Å². The molecule has 0 saturated heterocycles. The summed E-state index contributed by atoms with van der Waals surface area (Å²) in [6, 6.07) is 19.1. The highest BCUT2D eigenvalue weighted by molar-refractivity contribution is 7.85. The van der Waals surface area contributed by atoms with Gasteiger partial charge in [0.25, 0.3) is 0 Å². The highest BCUT2D eigenvalue weighted by Gasteiger charge is 2.30. The minimum Gasteiger partial charge on any atom is -0.467 e. The first-order valence-electron chi connectivity index (χ1n) is 6.83. The monoisotopic (exact) mass is 310 g/mol. The van der Waals surface area contributed by atoms with Crippen molar-refractivity contribution >= 4 is 23.1 Å². The van der Waals surface area contributed by atoms with Gasteiger partial charge in [-0.05, 0) is 0 Å². The van der Waals surface area contributed by atoms with E-state index in [4.69, 9.17) is 4.74 Å². The molecule has 0 radical (unpaired) electrons. The molecule has 3 rings (SSSR count). The molecule has 0 saturated carbocycles. The Labute approximate surface area is 129 Å². The SMILES string of the molecule is COc1ncc(P(=O)(c2ccccc2)c2ccccc2)cn1. The average Bonchev–Trinajstić information content (AvgIpc) is 2.62. The Balaban J connectivity index is 2.21. The number of ether oxygens (including phenoxy) is 1. The van der Waals surface area contributed by atoms with Gasteiger partial charge in [0.2, 0.25) is 0 Å². The molecule has 4 nitrogen and oxygen atoms in total. The molecule has 0 atom stereocenters. The van der Waals surface area contributed by atoms with Gasteiger partial charge in [0.1, 0.15) is 0 Å². The Bertz CT molecular complexity index is 746. The molecule has 0 aliphatic heterocycles. The zero-order valence-electron chi connectivity index (χ0n) is 12.1. The first kappa shape index (κ1) is 14.5. The van der Waals surface area contributed by atoms with E-state index >= 15 is 0 Å². The van der Waals surface area contributed by atoms with Gasteiger partial charge in [0, 0.05) is 23.0 Å². The second-order valence-corrected chi connectivity index (χ2v) is 7.48. The maximum absolute atomic E-state index is 13.9. The largest absolute Gasteiger partial charge is 0.467 e. The predicted octanol–water partition coefficient (Wildman–Crippen LogP) is 2.12. The Morgan fingerprint density at radius 2 is 1.23 bits per heavy atom. The number of aromatic nitrogens is 2. The number of benzene rings is 2. The van der Waals surface area contributed by atoms with E-state index < -0.39 is 7.14 Å². The summed E-state index contributed by atoms with van der Waals surface area (Å²) in [6.07, 6.45) is 3.15. The molecule has 0 unspecified atom stereocenters. The molecule has 110 valence electrons. The zero-order valence-corrected chi connectivity index (χ0v) is 13.0. The summed E-state index contributed by atoms with van der Waals surface area (Å²) in [5, 5.41) is 2.11. The van der Waals surface area contributed by atoms with Crippen LogP contribution >= 0.6 is 7.14 Å². The van der Waals surface area contributed by atoms with Crippen molar-refractivity contribution in [3.05, 3.63) is 73.1 Å². The molecule has 0 N–H and O–H groups in total. The standard InChI is InChI=1S/C17H15N2O2P/c1-21-17-18-12-16(13-19-17)22(20,14-8-4-2-5-9-14)15-10-6-3-7-11-15/h2-13H,1H3. The molecular weight excluding hydrogens is 295 g/mol. The van der Waals surface area contributed by atoms with E-state index in [1.165, 1.54) is 7.11 Å². The first-order chi connectivity index (χ1) is 10.7. The molecule has 2 aromatic carbocycles. The van der Waals surface area contributed by atoms with Gasteiger partial charge in [-0.25, -0.2) is 9.97 Å². The number of rotatable bonds is 4. The van der Waals surface area contributed by atoms with E-state index in [0.29, 0.717) is 5.30 Å². The fourth-order valence-electron chi connectivity index (χ4n) is 2.30. The van der Waals surface area contributed by atoms with Crippen LogP contribution in [-0.2, 0) is 4.57 Å². The van der Waals surface area contributed by atoms with E-state index in [2.05, 4.69) is 9.97 Å². The van der Waals surface area contributed by atoms with Crippen LogP contribution in [-0.4, -0.2) is 17.1 Å². The van der Waals surface area contributed by atoms with Crippen LogP contribution in [0.15, 0.2) is 73.1 Å². The van der Waals surface area contributed by atoms with Crippen molar-refractivity contribution in [2.45, 2.75) is 0 Å². The topological polar surface area (TPSA) is 52.1 Å². The summed E-state index contributed by atoms with van der Waals surface area (Å²) in [6.45, 7) is 0. The zero-order chi connectivity index (χ0) is 15.4. The summed E-state index contributed by atoms with van der Waals surface area (Å²) in [7, 11) is -1.48. The number of hydrogen-bond donors (Lipinski definition) is 0. The lowest BCUT2D eigenvalue weighted by Crippen LogP contribution is -2.25. The molecule has 0 amide bonds. The molecule has 0 aliphatic carbocycles. The van der Waals surface area contributed by atoms with E-state index in [0.717, 1.165) is 10.6 Å². The molecule has 1 aromatic heterocycles. The van der Waals surface area contributed by atoms with Crippen molar-refractivity contribution in [3.63, 3.8) is 0 Å². The lowest BCUT2D eigenvalue weighted by atomic mass is 10.4. The molecule has 1 heterocycles. The van der Waals surface area contributed by atoms with Crippen molar-refractivity contribution in [2.24, 2.45) is 0 Å². The van der Waals surface area contributed by atoms with Crippen LogP contribution in [0.5, 0.6) is 6.01 Å². The van der Waals surface area contributed by atoms with Crippen molar-refractivity contribution in [1.29, 1.82) is 0 Å². The van der Waals surface area contributed by atoms with Gasteiger partial charge in [0.05, 0.1) is 12.4 Å². The maximum atomic E-state index is 13.9. The van der Waals surface area contributed by atoms with Crippen LogP contribution in [0.25, 0.3) is 0 Å². The fourth-order valence-corrected chi connectivity index (χ4v) is 4.82. The highest BCUT2D eigenvalue weighted by Crippen LogP contribution is 2.41. The van der Waals surface area contributed by atoms with Crippen molar-refractivity contribution in [3.8, 4) is 6.01 Å². The highest BCUT2D eigenvalue weighted by atomic mass is 31.2. The summed E-state index contributed by atoms with van der Waals surface area (Å²) in [5.74, 6) is 0. The number of nitrogens with zero attached hydrogens (tertiary/aromatic N) is 2. The van der Waals surface area contributed by atoms with Gasteiger partial charge in [0.15, 0.2) is 7.14 Å². The lowest BCUT2D eigenvalue weighted by molar-refractivity contribution is 0.380. The van der Waals surface area contributed by atoms with Crippen LogP contribution in [0.3, 0.4) is 0 Å². The lowest BCUT2D eigenvalue weighted by Gasteiger charge is -2.19. The maximum Gasteiger partial charge on any atom is 0.316 e. The third-order valence-electron chi connectivity index (χ3n) is 3.40. The molecule has 22 heavy (non-hydrogen) atoms. The van der Waals surface area contributed by atoms with E-state index in [1.54, 1.807) is 12.4 Å².